The predicted octanol–water partition coefficient (Wildman–Crippen LogP) is 1.41. The first-order valence-electron chi connectivity index (χ1n) is 5.84. The molecule has 0 saturated carbocycles. The minimum atomic E-state index is -0.0325. The van der Waals surface area contributed by atoms with Crippen LogP contribution >= 0.6 is 0 Å². The molecule has 88 valence electrons. The van der Waals surface area contributed by atoms with Gasteiger partial charge in [0.05, 0.1) is 0 Å². The van der Waals surface area contributed by atoms with Crippen LogP contribution in [-0.2, 0) is 6.42 Å². The first kappa shape index (κ1) is 11.2. The number of piperidine rings is 1. The normalized spacial score (nSPS) is 21.1. The van der Waals surface area contributed by atoms with E-state index in [-0.39, 0.29) is 11.9 Å². The topological polar surface area (TPSA) is 59.5 Å². The van der Waals surface area contributed by atoms with E-state index in [2.05, 4.69) is 0 Å². The minimum Gasteiger partial charge on any atom is -0.456 e. The van der Waals surface area contributed by atoms with Crippen LogP contribution in [0.25, 0.3) is 0 Å². The SMILES string of the molecule is CCc1ccc(C(=O)N2CCC[C@@H](N)C2)o1. The van der Waals surface area contributed by atoms with Crippen molar-refractivity contribution >= 4 is 5.91 Å². The van der Waals surface area contributed by atoms with E-state index in [0.717, 1.165) is 31.6 Å². The molecule has 0 spiro atoms. The van der Waals surface area contributed by atoms with Crippen molar-refractivity contribution in [3.8, 4) is 0 Å². The average molecular weight is 222 g/mol. The molecule has 1 aromatic heterocycles. The number of nitrogens with zero attached hydrogens (tertiary/aromatic N) is 1. The molecule has 0 unspecified atom stereocenters. The Hall–Kier alpha value is -1.29. The van der Waals surface area contributed by atoms with Gasteiger partial charge in [-0.25, -0.2) is 0 Å². The second kappa shape index (κ2) is 4.70. The number of likely N-dealkylation sites (tertiary alicyclic amines) is 1. The molecule has 1 aliphatic rings. The summed E-state index contributed by atoms with van der Waals surface area (Å²) >= 11 is 0. The third-order valence-corrected chi connectivity index (χ3v) is 2.97. The molecule has 0 aromatic carbocycles. The van der Waals surface area contributed by atoms with E-state index in [0.29, 0.717) is 12.3 Å². The van der Waals surface area contributed by atoms with Gasteiger partial charge in [0.15, 0.2) is 5.76 Å². The van der Waals surface area contributed by atoms with E-state index in [1.165, 1.54) is 0 Å². The van der Waals surface area contributed by atoms with Gasteiger partial charge in [-0.15, -0.1) is 0 Å². The zero-order valence-corrected chi connectivity index (χ0v) is 9.61. The van der Waals surface area contributed by atoms with Crippen LogP contribution < -0.4 is 5.73 Å². The largest absolute Gasteiger partial charge is 0.456 e. The Balaban J connectivity index is 2.06. The van der Waals surface area contributed by atoms with Crippen molar-refractivity contribution in [2.24, 2.45) is 5.73 Å². The highest BCUT2D eigenvalue weighted by molar-refractivity contribution is 5.91. The highest BCUT2D eigenvalue weighted by atomic mass is 16.4. The van der Waals surface area contributed by atoms with Gasteiger partial charge in [-0.05, 0) is 25.0 Å². The average Bonchev–Trinajstić information content (AvgIpc) is 2.76. The molecule has 1 aromatic rings. The summed E-state index contributed by atoms with van der Waals surface area (Å²) in [5.41, 5.74) is 5.85. The van der Waals surface area contributed by atoms with Gasteiger partial charge in [-0.1, -0.05) is 6.92 Å². The Labute approximate surface area is 95.4 Å². The minimum absolute atomic E-state index is 0.0325. The van der Waals surface area contributed by atoms with E-state index in [9.17, 15) is 4.79 Å². The molecule has 1 fully saturated rings. The summed E-state index contributed by atoms with van der Waals surface area (Å²) in [5, 5.41) is 0. The summed E-state index contributed by atoms with van der Waals surface area (Å²) < 4.78 is 5.45. The number of amides is 1. The summed E-state index contributed by atoms with van der Waals surface area (Å²) in [5.74, 6) is 1.26. The lowest BCUT2D eigenvalue weighted by molar-refractivity contribution is 0.0675. The molecule has 1 saturated heterocycles. The highest BCUT2D eigenvalue weighted by Crippen LogP contribution is 2.15. The fourth-order valence-corrected chi connectivity index (χ4v) is 2.03. The molecule has 2 rings (SSSR count). The number of hydrogen-bond acceptors (Lipinski definition) is 3. The van der Waals surface area contributed by atoms with Crippen LogP contribution in [-0.4, -0.2) is 29.9 Å². The molecular weight excluding hydrogens is 204 g/mol. The van der Waals surface area contributed by atoms with Gasteiger partial charge in [0, 0.05) is 25.6 Å². The summed E-state index contributed by atoms with van der Waals surface area (Å²) in [7, 11) is 0. The Morgan fingerprint density at radius 1 is 1.62 bits per heavy atom. The standard InChI is InChI=1S/C12H18N2O2/c1-2-10-5-6-11(16-10)12(15)14-7-3-4-9(13)8-14/h5-6,9H,2-4,7-8,13H2,1H3/t9-/m1/s1. The molecule has 0 aliphatic carbocycles. The van der Waals surface area contributed by atoms with Gasteiger partial charge in [0.1, 0.15) is 5.76 Å². The van der Waals surface area contributed by atoms with Gasteiger partial charge in [0.2, 0.25) is 0 Å². The molecule has 16 heavy (non-hydrogen) atoms. The summed E-state index contributed by atoms with van der Waals surface area (Å²) in [6.07, 6.45) is 2.79. The number of rotatable bonds is 2. The predicted molar refractivity (Wildman–Crippen MR) is 61.2 cm³/mol. The van der Waals surface area contributed by atoms with Crippen LogP contribution in [0.5, 0.6) is 0 Å². The first-order valence-corrected chi connectivity index (χ1v) is 5.84. The molecular formula is C12H18N2O2. The number of nitrogens with two attached hydrogens (primary N) is 1. The van der Waals surface area contributed by atoms with Crippen LogP contribution in [0.15, 0.2) is 16.5 Å². The van der Waals surface area contributed by atoms with E-state index in [4.69, 9.17) is 10.2 Å². The van der Waals surface area contributed by atoms with Crippen LogP contribution in [0.1, 0.15) is 36.1 Å². The number of furan rings is 1. The molecule has 0 radical (unpaired) electrons. The third kappa shape index (κ3) is 2.27. The number of carbonyl (C=O) groups is 1. The Kier molecular flexibility index (Phi) is 3.29. The van der Waals surface area contributed by atoms with Crippen LogP contribution in [0.3, 0.4) is 0 Å². The molecule has 4 heteroatoms. The monoisotopic (exact) mass is 222 g/mol. The third-order valence-electron chi connectivity index (χ3n) is 2.97. The lowest BCUT2D eigenvalue weighted by atomic mass is 10.1. The summed E-state index contributed by atoms with van der Waals surface area (Å²) in [6.45, 7) is 3.43. The van der Waals surface area contributed by atoms with E-state index in [1.807, 2.05) is 13.0 Å². The maximum atomic E-state index is 12.1. The second-order valence-corrected chi connectivity index (χ2v) is 4.27. The maximum absolute atomic E-state index is 12.1. The van der Waals surface area contributed by atoms with E-state index < -0.39 is 0 Å². The Bertz CT molecular complexity index is 373. The quantitative estimate of drug-likeness (QED) is 0.823. The van der Waals surface area contributed by atoms with Gasteiger partial charge >= 0.3 is 0 Å². The van der Waals surface area contributed by atoms with Crippen molar-refractivity contribution < 1.29 is 9.21 Å². The van der Waals surface area contributed by atoms with Gasteiger partial charge < -0.3 is 15.1 Å². The smallest absolute Gasteiger partial charge is 0.289 e. The zero-order chi connectivity index (χ0) is 11.5. The number of aryl methyl sites for hydroxylation is 1. The van der Waals surface area contributed by atoms with Gasteiger partial charge in [0.25, 0.3) is 5.91 Å². The van der Waals surface area contributed by atoms with Crippen LogP contribution in [0, 0.1) is 0 Å². The first-order chi connectivity index (χ1) is 7.70. The van der Waals surface area contributed by atoms with Crippen molar-refractivity contribution in [3.05, 3.63) is 23.7 Å². The second-order valence-electron chi connectivity index (χ2n) is 4.27. The molecule has 0 bridgehead atoms. The van der Waals surface area contributed by atoms with Crippen molar-refractivity contribution in [3.63, 3.8) is 0 Å². The van der Waals surface area contributed by atoms with E-state index in [1.54, 1.807) is 11.0 Å². The van der Waals surface area contributed by atoms with Crippen molar-refractivity contribution in [2.75, 3.05) is 13.1 Å². The number of hydrogen-bond donors (Lipinski definition) is 1. The lowest BCUT2D eigenvalue weighted by Gasteiger charge is -2.30. The molecule has 2 N–H and O–H groups in total. The molecule has 1 aliphatic heterocycles. The van der Waals surface area contributed by atoms with Crippen molar-refractivity contribution in [1.82, 2.24) is 4.90 Å². The van der Waals surface area contributed by atoms with Crippen molar-refractivity contribution in [2.45, 2.75) is 32.2 Å². The van der Waals surface area contributed by atoms with E-state index >= 15 is 0 Å². The fourth-order valence-electron chi connectivity index (χ4n) is 2.03. The van der Waals surface area contributed by atoms with Crippen LogP contribution in [0.2, 0.25) is 0 Å². The van der Waals surface area contributed by atoms with Gasteiger partial charge in [-0.3, -0.25) is 4.79 Å². The van der Waals surface area contributed by atoms with Crippen molar-refractivity contribution in [1.29, 1.82) is 0 Å². The fraction of sp³-hybridized carbons (Fsp3) is 0.583. The number of carbonyl (C=O) groups excluding carboxylic acids is 1. The Morgan fingerprint density at radius 2 is 2.44 bits per heavy atom. The van der Waals surface area contributed by atoms with Crippen LogP contribution in [0.4, 0.5) is 0 Å². The molecule has 1 atom stereocenters. The summed E-state index contributed by atoms with van der Waals surface area (Å²) in [6, 6.07) is 3.72. The zero-order valence-electron chi connectivity index (χ0n) is 9.61. The molecule has 1 amide bonds. The Morgan fingerprint density at radius 3 is 3.06 bits per heavy atom. The lowest BCUT2D eigenvalue weighted by Crippen LogP contribution is -2.45. The maximum Gasteiger partial charge on any atom is 0.289 e. The molecule has 4 nitrogen and oxygen atoms in total. The highest BCUT2D eigenvalue weighted by Gasteiger charge is 2.24. The summed E-state index contributed by atoms with van der Waals surface area (Å²) in [4.78, 5) is 13.8. The van der Waals surface area contributed by atoms with Gasteiger partial charge in [-0.2, -0.15) is 0 Å². The molecule has 2 heterocycles.